The van der Waals surface area contributed by atoms with Crippen LogP contribution < -0.4 is 5.32 Å². The van der Waals surface area contributed by atoms with E-state index in [1.54, 1.807) is 4.90 Å². The predicted octanol–water partition coefficient (Wildman–Crippen LogP) is 1.77. The molecule has 0 saturated heterocycles. The number of amides is 2. The number of nitrogens with one attached hydrogen (secondary N) is 1. The SMILES string of the molecule is Cc1nnc(NC(=O)N(C)CC2CCn3ccnc3C2)s1. The van der Waals surface area contributed by atoms with E-state index in [0.29, 0.717) is 11.0 Å². The van der Waals surface area contributed by atoms with Crippen molar-refractivity contribution >= 4 is 22.5 Å². The van der Waals surface area contributed by atoms with Gasteiger partial charge in [0.15, 0.2) is 0 Å². The lowest BCUT2D eigenvalue weighted by Crippen LogP contribution is -2.37. The van der Waals surface area contributed by atoms with Crippen LogP contribution >= 0.6 is 11.3 Å². The molecule has 1 aliphatic rings. The van der Waals surface area contributed by atoms with Crippen molar-refractivity contribution in [2.75, 3.05) is 18.9 Å². The van der Waals surface area contributed by atoms with Crippen LogP contribution in [0.1, 0.15) is 17.3 Å². The molecule has 0 aromatic carbocycles. The Morgan fingerprint density at radius 3 is 3.19 bits per heavy atom. The van der Waals surface area contributed by atoms with Crippen LogP contribution in [0.5, 0.6) is 0 Å². The summed E-state index contributed by atoms with van der Waals surface area (Å²) >= 11 is 1.38. The number of fused-ring (bicyclic) bond motifs is 1. The monoisotopic (exact) mass is 306 g/mol. The summed E-state index contributed by atoms with van der Waals surface area (Å²) < 4.78 is 2.18. The maximum atomic E-state index is 12.1. The first-order valence-corrected chi connectivity index (χ1v) is 7.75. The van der Waals surface area contributed by atoms with Gasteiger partial charge >= 0.3 is 6.03 Å². The van der Waals surface area contributed by atoms with Crippen molar-refractivity contribution in [1.82, 2.24) is 24.6 Å². The number of anilines is 1. The van der Waals surface area contributed by atoms with Crippen LogP contribution in [-0.4, -0.2) is 44.3 Å². The van der Waals surface area contributed by atoms with Crippen molar-refractivity contribution in [2.24, 2.45) is 5.92 Å². The number of aryl methyl sites for hydroxylation is 2. The average molecular weight is 306 g/mol. The molecule has 0 bridgehead atoms. The summed E-state index contributed by atoms with van der Waals surface area (Å²) in [5, 5.41) is 12.0. The molecule has 1 unspecified atom stereocenters. The Morgan fingerprint density at radius 1 is 1.57 bits per heavy atom. The van der Waals surface area contributed by atoms with E-state index in [9.17, 15) is 4.79 Å². The Balaban J connectivity index is 1.54. The number of imidazole rings is 1. The van der Waals surface area contributed by atoms with Crippen molar-refractivity contribution in [1.29, 1.82) is 0 Å². The third-order valence-electron chi connectivity index (χ3n) is 3.67. The van der Waals surface area contributed by atoms with Crippen LogP contribution in [0, 0.1) is 12.8 Å². The van der Waals surface area contributed by atoms with E-state index in [4.69, 9.17) is 0 Å². The molecule has 1 atom stereocenters. The van der Waals surface area contributed by atoms with Crippen molar-refractivity contribution in [3.8, 4) is 0 Å². The van der Waals surface area contributed by atoms with Crippen molar-refractivity contribution in [3.05, 3.63) is 23.2 Å². The van der Waals surface area contributed by atoms with Gasteiger partial charge in [0.05, 0.1) is 0 Å². The summed E-state index contributed by atoms with van der Waals surface area (Å²) in [6.45, 7) is 3.56. The van der Waals surface area contributed by atoms with Gasteiger partial charge in [0, 0.05) is 39.0 Å². The number of carbonyl (C=O) groups is 1. The van der Waals surface area contributed by atoms with Crippen LogP contribution in [0.15, 0.2) is 12.4 Å². The quantitative estimate of drug-likeness (QED) is 0.937. The van der Waals surface area contributed by atoms with E-state index in [-0.39, 0.29) is 6.03 Å². The molecule has 2 aromatic rings. The van der Waals surface area contributed by atoms with E-state index >= 15 is 0 Å². The van der Waals surface area contributed by atoms with Gasteiger partial charge in [-0.15, -0.1) is 10.2 Å². The molecule has 7 nitrogen and oxygen atoms in total. The Labute approximate surface area is 127 Å². The zero-order valence-electron chi connectivity index (χ0n) is 12.1. The first kappa shape index (κ1) is 14.0. The lowest BCUT2D eigenvalue weighted by molar-refractivity contribution is 0.207. The van der Waals surface area contributed by atoms with Crippen LogP contribution in [0.2, 0.25) is 0 Å². The van der Waals surface area contributed by atoms with Crippen LogP contribution in [0.4, 0.5) is 9.93 Å². The van der Waals surface area contributed by atoms with Gasteiger partial charge in [-0.25, -0.2) is 9.78 Å². The van der Waals surface area contributed by atoms with Crippen molar-refractivity contribution in [2.45, 2.75) is 26.3 Å². The number of urea groups is 1. The normalized spacial score (nSPS) is 17.3. The van der Waals surface area contributed by atoms with Gasteiger partial charge in [-0.3, -0.25) is 5.32 Å². The summed E-state index contributed by atoms with van der Waals surface area (Å²) in [4.78, 5) is 18.2. The molecule has 3 rings (SSSR count). The van der Waals surface area contributed by atoms with Crippen LogP contribution in [-0.2, 0) is 13.0 Å². The molecule has 2 amide bonds. The molecule has 2 aromatic heterocycles. The molecule has 0 spiro atoms. The number of carbonyl (C=O) groups excluding carboxylic acids is 1. The number of rotatable bonds is 3. The second-order valence-corrected chi connectivity index (χ2v) is 6.51. The van der Waals surface area contributed by atoms with E-state index in [2.05, 4.69) is 25.1 Å². The Kier molecular flexibility index (Phi) is 3.87. The Hall–Kier alpha value is -1.96. The molecular formula is C13H18N6OS. The van der Waals surface area contributed by atoms with Crippen LogP contribution in [0.3, 0.4) is 0 Å². The first-order valence-electron chi connectivity index (χ1n) is 6.94. The van der Waals surface area contributed by atoms with Crippen molar-refractivity contribution < 1.29 is 4.79 Å². The fourth-order valence-corrected chi connectivity index (χ4v) is 3.16. The van der Waals surface area contributed by atoms with E-state index in [1.807, 2.05) is 26.4 Å². The summed E-state index contributed by atoms with van der Waals surface area (Å²) in [5.41, 5.74) is 0. The zero-order valence-corrected chi connectivity index (χ0v) is 12.9. The van der Waals surface area contributed by atoms with Crippen molar-refractivity contribution in [3.63, 3.8) is 0 Å². The Bertz CT molecular complexity index is 636. The number of hydrogen-bond donors (Lipinski definition) is 1. The molecule has 8 heteroatoms. The molecule has 0 aliphatic carbocycles. The minimum atomic E-state index is -0.139. The smallest absolute Gasteiger partial charge is 0.323 e. The fourth-order valence-electron chi connectivity index (χ4n) is 2.58. The third kappa shape index (κ3) is 3.21. The number of aromatic nitrogens is 4. The highest BCUT2D eigenvalue weighted by atomic mass is 32.1. The fraction of sp³-hybridized carbons (Fsp3) is 0.538. The summed E-state index contributed by atoms with van der Waals surface area (Å²) in [6.07, 6.45) is 5.84. The minimum absolute atomic E-state index is 0.139. The Morgan fingerprint density at radius 2 is 2.43 bits per heavy atom. The summed E-state index contributed by atoms with van der Waals surface area (Å²) in [6, 6.07) is -0.139. The van der Waals surface area contributed by atoms with Gasteiger partial charge in [-0.2, -0.15) is 0 Å². The van der Waals surface area contributed by atoms with Gasteiger partial charge < -0.3 is 9.47 Å². The van der Waals surface area contributed by atoms with Gasteiger partial charge in [-0.05, 0) is 19.3 Å². The summed E-state index contributed by atoms with van der Waals surface area (Å²) in [7, 11) is 1.81. The largest absolute Gasteiger partial charge is 0.335 e. The van der Waals surface area contributed by atoms with Gasteiger partial charge in [0.1, 0.15) is 10.8 Å². The lowest BCUT2D eigenvalue weighted by Gasteiger charge is -2.27. The van der Waals surface area contributed by atoms with E-state index in [1.165, 1.54) is 11.3 Å². The number of hydrogen-bond acceptors (Lipinski definition) is 5. The molecule has 3 heterocycles. The topological polar surface area (TPSA) is 75.9 Å². The molecule has 1 aliphatic heterocycles. The standard InChI is InChI=1S/C13H18N6OS/c1-9-16-17-12(21-9)15-13(20)18(2)8-10-3-5-19-6-4-14-11(19)7-10/h4,6,10H,3,5,7-8H2,1-2H3,(H,15,17,20). The molecule has 21 heavy (non-hydrogen) atoms. The highest BCUT2D eigenvalue weighted by Gasteiger charge is 2.22. The lowest BCUT2D eigenvalue weighted by atomic mass is 9.97. The second-order valence-electron chi connectivity index (χ2n) is 5.33. The minimum Gasteiger partial charge on any atom is -0.335 e. The molecular weight excluding hydrogens is 288 g/mol. The summed E-state index contributed by atoms with van der Waals surface area (Å²) in [5.74, 6) is 1.56. The maximum Gasteiger partial charge on any atom is 0.323 e. The maximum absolute atomic E-state index is 12.1. The number of nitrogens with zero attached hydrogens (tertiary/aromatic N) is 5. The van der Waals surface area contributed by atoms with Gasteiger partial charge in [0.2, 0.25) is 5.13 Å². The van der Waals surface area contributed by atoms with Gasteiger partial charge in [-0.1, -0.05) is 11.3 Å². The second kappa shape index (κ2) is 5.80. The predicted molar refractivity (Wildman–Crippen MR) is 80.3 cm³/mol. The average Bonchev–Trinajstić information content (AvgIpc) is 3.07. The van der Waals surface area contributed by atoms with Crippen LogP contribution in [0.25, 0.3) is 0 Å². The van der Waals surface area contributed by atoms with E-state index in [0.717, 1.165) is 36.8 Å². The highest BCUT2D eigenvalue weighted by molar-refractivity contribution is 7.15. The molecule has 0 saturated carbocycles. The third-order valence-corrected chi connectivity index (χ3v) is 4.42. The first-order chi connectivity index (χ1) is 10.1. The van der Waals surface area contributed by atoms with Gasteiger partial charge in [0.25, 0.3) is 0 Å². The highest BCUT2D eigenvalue weighted by Crippen LogP contribution is 2.20. The van der Waals surface area contributed by atoms with E-state index < -0.39 is 0 Å². The molecule has 1 N–H and O–H groups in total. The zero-order chi connectivity index (χ0) is 14.8. The molecule has 0 fully saturated rings. The molecule has 112 valence electrons. The molecule has 0 radical (unpaired) electrons.